The first-order valence-corrected chi connectivity index (χ1v) is 13.4. The standard InChI is InChI=1S/C28H31FN6O4/c1-2-24(27-31-32-33-35(27)17-22-4-3-9-37-22)34(15-18-5-7-21(29)8-6-18)16-20-12-19-13-25-26(39-11-10-38-25)14-23(19)30-28(20)36/h5-8,12-14,22,24H,2-4,9-11,15-17H2,1H3,(H,30,36). The van der Waals surface area contributed by atoms with Crippen molar-refractivity contribution in [3.8, 4) is 11.5 Å². The summed E-state index contributed by atoms with van der Waals surface area (Å²) in [5.74, 6) is 1.71. The molecule has 2 aliphatic heterocycles. The zero-order chi connectivity index (χ0) is 26.8. The van der Waals surface area contributed by atoms with Crippen LogP contribution < -0.4 is 15.0 Å². The van der Waals surface area contributed by atoms with Crippen molar-refractivity contribution in [3.05, 3.63) is 75.6 Å². The highest BCUT2D eigenvalue weighted by molar-refractivity contribution is 5.83. The Labute approximate surface area is 224 Å². The number of pyridine rings is 1. The summed E-state index contributed by atoms with van der Waals surface area (Å²) in [7, 11) is 0. The number of hydrogen-bond donors (Lipinski definition) is 1. The first kappa shape index (κ1) is 25.4. The molecule has 6 rings (SSSR count). The van der Waals surface area contributed by atoms with Gasteiger partial charge in [-0.2, -0.15) is 0 Å². The van der Waals surface area contributed by atoms with E-state index in [9.17, 15) is 9.18 Å². The number of aromatic nitrogens is 5. The van der Waals surface area contributed by atoms with Crippen LogP contribution in [0.4, 0.5) is 4.39 Å². The van der Waals surface area contributed by atoms with Crippen LogP contribution in [0.2, 0.25) is 0 Å². The number of halogens is 1. The average molecular weight is 535 g/mol. The van der Waals surface area contributed by atoms with E-state index in [0.717, 1.165) is 30.4 Å². The fourth-order valence-electron chi connectivity index (χ4n) is 5.39. The van der Waals surface area contributed by atoms with Crippen LogP contribution in [0, 0.1) is 5.82 Å². The van der Waals surface area contributed by atoms with Gasteiger partial charge < -0.3 is 19.2 Å². The summed E-state index contributed by atoms with van der Waals surface area (Å²) >= 11 is 0. The Balaban J connectivity index is 1.35. The predicted octanol–water partition coefficient (Wildman–Crippen LogP) is 3.76. The molecule has 0 spiro atoms. The molecule has 1 N–H and O–H groups in total. The Kier molecular flexibility index (Phi) is 7.25. The summed E-state index contributed by atoms with van der Waals surface area (Å²) in [6.07, 6.45) is 2.79. The van der Waals surface area contributed by atoms with Crippen LogP contribution in [-0.2, 0) is 24.4 Å². The number of nitrogens with zero attached hydrogens (tertiary/aromatic N) is 5. The summed E-state index contributed by atoms with van der Waals surface area (Å²) in [5, 5.41) is 13.5. The minimum atomic E-state index is -0.293. The van der Waals surface area contributed by atoms with Gasteiger partial charge in [0, 0.05) is 36.7 Å². The van der Waals surface area contributed by atoms with Crippen molar-refractivity contribution in [1.82, 2.24) is 30.1 Å². The fourth-order valence-corrected chi connectivity index (χ4v) is 5.39. The summed E-state index contributed by atoms with van der Waals surface area (Å²) in [4.78, 5) is 18.4. The first-order valence-electron chi connectivity index (χ1n) is 13.4. The maximum Gasteiger partial charge on any atom is 0.252 e. The SMILES string of the molecule is CCC(c1nnnn1CC1CCCO1)N(Cc1ccc(F)cc1)Cc1cc2cc3c(cc2[nH]c1=O)OCCO3. The van der Waals surface area contributed by atoms with Crippen molar-refractivity contribution < 1.29 is 18.6 Å². The molecule has 4 aromatic rings. The second-order valence-corrected chi connectivity index (χ2v) is 10.0. The molecule has 1 saturated heterocycles. The second-order valence-electron chi connectivity index (χ2n) is 10.0. The number of rotatable bonds is 9. The van der Waals surface area contributed by atoms with E-state index in [1.807, 2.05) is 16.8 Å². The van der Waals surface area contributed by atoms with Crippen LogP contribution in [-0.4, -0.2) is 56.0 Å². The van der Waals surface area contributed by atoms with Gasteiger partial charge in [-0.15, -0.1) is 5.10 Å². The van der Waals surface area contributed by atoms with Crippen molar-refractivity contribution >= 4 is 10.9 Å². The lowest BCUT2D eigenvalue weighted by Crippen LogP contribution is -2.33. The predicted molar refractivity (Wildman–Crippen MR) is 141 cm³/mol. The number of H-pyrrole nitrogens is 1. The lowest BCUT2D eigenvalue weighted by Gasteiger charge is -2.30. The van der Waals surface area contributed by atoms with Crippen LogP contribution >= 0.6 is 0 Å². The van der Waals surface area contributed by atoms with Crippen molar-refractivity contribution in [2.45, 2.75) is 58.0 Å². The van der Waals surface area contributed by atoms with E-state index >= 15 is 0 Å². The number of ether oxygens (including phenoxy) is 3. The molecule has 2 aromatic carbocycles. The molecular weight excluding hydrogens is 503 g/mol. The van der Waals surface area contributed by atoms with Crippen molar-refractivity contribution in [1.29, 1.82) is 0 Å². The Morgan fingerprint density at radius 2 is 1.90 bits per heavy atom. The molecule has 204 valence electrons. The van der Waals surface area contributed by atoms with Crippen LogP contribution in [0.5, 0.6) is 11.5 Å². The van der Waals surface area contributed by atoms with Crippen LogP contribution in [0.15, 0.2) is 47.3 Å². The number of fused-ring (bicyclic) bond motifs is 2. The smallest absolute Gasteiger partial charge is 0.252 e. The highest BCUT2D eigenvalue weighted by atomic mass is 19.1. The van der Waals surface area contributed by atoms with Gasteiger partial charge in [0.05, 0.1) is 24.2 Å². The minimum Gasteiger partial charge on any atom is -0.486 e. The molecule has 2 atom stereocenters. The number of benzene rings is 2. The lowest BCUT2D eigenvalue weighted by molar-refractivity contribution is 0.0888. The molecule has 0 aliphatic carbocycles. The maximum absolute atomic E-state index is 13.7. The molecule has 0 bridgehead atoms. The minimum absolute atomic E-state index is 0.0794. The van der Waals surface area contributed by atoms with Gasteiger partial charge in [-0.1, -0.05) is 19.1 Å². The van der Waals surface area contributed by atoms with E-state index < -0.39 is 0 Å². The van der Waals surface area contributed by atoms with Crippen molar-refractivity contribution in [2.75, 3.05) is 19.8 Å². The third-order valence-electron chi connectivity index (χ3n) is 7.34. The van der Waals surface area contributed by atoms with Crippen LogP contribution in [0.1, 0.15) is 49.2 Å². The van der Waals surface area contributed by atoms with E-state index in [4.69, 9.17) is 14.2 Å². The lowest BCUT2D eigenvalue weighted by atomic mass is 10.1. The summed E-state index contributed by atoms with van der Waals surface area (Å²) < 4.78 is 32.7. The molecule has 39 heavy (non-hydrogen) atoms. The van der Waals surface area contributed by atoms with Crippen LogP contribution in [0.25, 0.3) is 10.9 Å². The van der Waals surface area contributed by atoms with Crippen molar-refractivity contribution in [2.24, 2.45) is 0 Å². The Bertz CT molecular complexity index is 1500. The fraction of sp³-hybridized carbons (Fsp3) is 0.429. The summed E-state index contributed by atoms with van der Waals surface area (Å²) in [6, 6.07) is 11.8. The van der Waals surface area contributed by atoms with E-state index in [1.54, 1.807) is 18.2 Å². The molecule has 0 radical (unpaired) electrons. The normalized spacial score (nSPS) is 17.7. The summed E-state index contributed by atoms with van der Waals surface area (Å²) in [6.45, 7) is 5.17. The summed E-state index contributed by atoms with van der Waals surface area (Å²) in [5.41, 5.74) is 2.02. The van der Waals surface area contributed by atoms with E-state index in [0.29, 0.717) is 67.7 Å². The second kappa shape index (κ2) is 11.1. The van der Waals surface area contributed by atoms with E-state index in [2.05, 4.69) is 32.3 Å². The number of hydrogen-bond acceptors (Lipinski definition) is 8. The number of nitrogens with one attached hydrogen (secondary N) is 1. The molecule has 0 amide bonds. The Hall–Kier alpha value is -3.83. The highest BCUT2D eigenvalue weighted by Gasteiger charge is 2.28. The largest absolute Gasteiger partial charge is 0.486 e. The topological polar surface area (TPSA) is 107 Å². The monoisotopic (exact) mass is 534 g/mol. The molecule has 2 aromatic heterocycles. The van der Waals surface area contributed by atoms with E-state index in [1.165, 1.54) is 12.1 Å². The number of aromatic amines is 1. The molecule has 4 heterocycles. The van der Waals surface area contributed by atoms with Gasteiger partial charge in [0.2, 0.25) is 0 Å². The molecule has 0 saturated carbocycles. The molecule has 10 nitrogen and oxygen atoms in total. The molecule has 2 aliphatic rings. The average Bonchev–Trinajstić information content (AvgIpc) is 3.63. The third kappa shape index (κ3) is 5.50. The van der Waals surface area contributed by atoms with Gasteiger partial charge in [0.1, 0.15) is 19.0 Å². The van der Waals surface area contributed by atoms with Gasteiger partial charge in [0.25, 0.3) is 5.56 Å². The van der Waals surface area contributed by atoms with Gasteiger partial charge in [-0.3, -0.25) is 9.69 Å². The molecular formula is C28H31FN6O4. The van der Waals surface area contributed by atoms with Gasteiger partial charge in [0.15, 0.2) is 17.3 Å². The first-order chi connectivity index (χ1) is 19.1. The zero-order valence-corrected chi connectivity index (χ0v) is 21.8. The molecule has 1 fully saturated rings. The maximum atomic E-state index is 13.7. The third-order valence-corrected chi connectivity index (χ3v) is 7.34. The Morgan fingerprint density at radius 1 is 1.10 bits per heavy atom. The molecule has 2 unspecified atom stereocenters. The van der Waals surface area contributed by atoms with Gasteiger partial charge in [-0.05, 0) is 59.5 Å². The quantitative estimate of drug-likeness (QED) is 0.346. The number of tetrazole rings is 1. The highest BCUT2D eigenvalue weighted by Crippen LogP contribution is 2.34. The molecule has 11 heteroatoms. The van der Waals surface area contributed by atoms with Crippen molar-refractivity contribution in [3.63, 3.8) is 0 Å². The van der Waals surface area contributed by atoms with Gasteiger partial charge >= 0.3 is 0 Å². The van der Waals surface area contributed by atoms with Crippen LogP contribution in [0.3, 0.4) is 0 Å². The van der Waals surface area contributed by atoms with Gasteiger partial charge in [-0.25, -0.2) is 9.07 Å². The van der Waals surface area contributed by atoms with E-state index in [-0.39, 0.29) is 23.5 Å². The Morgan fingerprint density at radius 3 is 2.64 bits per heavy atom. The zero-order valence-electron chi connectivity index (χ0n) is 21.8.